The monoisotopic (exact) mass is 240 g/mol. The number of phenolic OH excluding ortho intramolecular Hbond substituents is 1. The highest BCUT2D eigenvalue weighted by molar-refractivity contribution is 6.51. The number of benzene rings is 2. The van der Waals surface area contributed by atoms with Gasteiger partial charge in [-0.3, -0.25) is 9.59 Å². The van der Waals surface area contributed by atoms with E-state index in [1.807, 2.05) is 0 Å². The lowest BCUT2D eigenvalue weighted by Gasteiger charge is -2.12. The predicted octanol–water partition coefficient (Wildman–Crippen LogP) is 2.21. The number of aromatic hydroxyl groups is 1. The van der Waals surface area contributed by atoms with Crippen molar-refractivity contribution in [3.8, 4) is 5.75 Å². The summed E-state index contributed by atoms with van der Waals surface area (Å²) in [5.74, 6) is -2.07. The summed E-state index contributed by atoms with van der Waals surface area (Å²) in [6.45, 7) is 0. The van der Waals surface area contributed by atoms with E-state index in [1.165, 1.54) is 18.2 Å². The number of hydrogen-bond donors (Lipinski definition) is 2. The molecule has 0 aromatic heterocycles. The molecule has 0 atom stereocenters. The summed E-state index contributed by atoms with van der Waals surface area (Å²) in [5.41, 5.74) is 0.756. The summed E-state index contributed by atoms with van der Waals surface area (Å²) < 4.78 is 0. The van der Waals surface area contributed by atoms with Crippen LogP contribution >= 0.6 is 0 Å². The van der Waals surface area contributed by atoms with Crippen LogP contribution in [0.15, 0.2) is 36.1 Å². The standard InChI is InChI=1S/C14H8O4/c15-10-2-1-7-3-9-6-12(16)14(18)13(17)11(9)5-8(7)4-10/h1-6,15-16H. The Morgan fingerprint density at radius 3 is 2.39 bits per heavy atom. The molecule has 0 unspecified atom stereocenters. The Morgan fingerprint density at radius 1 is 0.833 bits per heavy atom. The van der Waals surface area contributed by atoms with Crippen LogP contribution in [0.2, 0.25) is 0 Å². The summed E-state index contributed by atoms with van der Waals surface area (Å²) >= 11 is 0. The highest BCUT2D eigenvalue weighted by atomic mass is 16.3. The van der Waals surface area contributed by atoms with Crippen LogP contribution in [0.1, 0.15) is 15.9 Å². The number of allylic oxidation sites excluding steroid dienone is 1. The van der Waals surface area contributed by atoms with E-state index in [1.54, 1.807) is 18.2 Å². The van der Waals surface area contributed by atoms with Crippen molar-refractivity contribution >= 4 is 28.4 Å². The van der Waals surface area contributed by atoms with Crippen molar-refractivity contribution in [1.29, 1.82) is 0 Å². The van der Waals surface area contributed by atoms with E-state index >= 15 is 0 Å². The first-order chi connectivity index (χ1) is 8.56. The third kappa shape index (κ3) is 1.39. The second-order valence-corrected chi connectivity index (χ2v) is 4.16. The normalized spacial score (nSPS) is 14.6. The van der Waals surface area contributed by atoms with E-state index in [0.717, 1.165) is 5.39 Å². The fraction of sp³-hybridized carbons (Fsp3) is 0. The van der Waals surface area contributed by atoms with Crippen molar-refractivity contribution in [1.82, 2.24) is 0 Å². The summed E-state index contributed by atoms with van der Waals surface area (Å²) in [6, 6.07) is 8.01. The molecule has 0 spiro atoms. The Kier molecular flexibility index (Phi) is 2.01. The zero-order chi connectivity index (χ0) is 12.9. The summed E-state index contributed by atoms with van der Waals surface area (Å²) in [5, 5.41) is 20.2. The lowest BCUT2D eigenvalue weighted by atomic mass is 9.91. The third-order valence-electron chi connectivity index (χ3n) is 2.97. The van der Waals surface area contributed by atoms with E-state index in [-0.39, 0.29) is 11.3 Å². The van der Waals surface area contributed by atoms with Gasteiger partial charge in [-0.1, -0.05) is 6.07 Å². The molecule has 2 aromatic rings. The molecule has 4 nitrogen and oxygen atoms in total. The zero-order valence-corrected chi connectivity index (χ0v) is 9.18. The number of aliphatic hydroxyl groups excluding tert-OH is 1. The van der Waals surface area contributed by atoms with Crippen molar-refractivity contribution in [2.24, 2.45) is 0 Å². The van der Waals surface area contributed by atoms with Gasteiger partial charge in [0.05, 0.1) is 0 Å². The van der Waals surface area contributed by atoms with E-state index < -0.39 is 17.3 Å². The van der Waals surface area contributed by atoms with Crippen LogP contribution in [0.3, 0.4) is 0 Å². The number of ketones is 2. The molecule has 2 N–H and O–H groups in total. The number of rotatable bonds is 0. The molecule has 0 saturated heterocycles. The second kappa shape index (κ2) is 3.43. The second-order valence-electron chi connectivity index (χ2n) is 4.16. The van der Waals surface area contributed by atoms with Gasteiger partial charge in [0.15, 0.2) is 5.76 Å². The van der Waals surface area contributed by atoms with Crippen LogP contribution < -0.4 is 0 Å². The Labute approximate surface area is 102 Å². The Hall–Kier alpha value is -2.62. The van der Waals surface area contributed by atoms with Crippen molar-refractivity contribution in [2.45, 2.75) is 0 Å². The molecule has 0 aliphatic heterocycles. The van der Waals surface area contributed by atoms with Crippen molar-refractivity contribution in [3.63, 3.8) is 0 Å². The maximum absolute atomic E-state index is 11.7. The van der Waals surface area contributed by atoms with Gasteiger partial charge in [-0.05, 0) is 46.7 Å². The molecule has 4 heteroatoms. The highest BCUT2D eigenvalue weighted by Crippen LogP contribution is 2.28. The Balaban J connectivity index is 2.36. The van der Waals surface area contributed by atoms with E-state index in [4.69, 9.17) is 0 Å². The van der Waals surface area contributed by atoms with Crippen LogP contribution in [0.25, 0.3) is 16.8 Å². The molecule has 3 rings (SSSR count). The zero-order valence-electron chi connectivity index (χ0n) is 9.18. The van der Waals surface area contributed by atoms with Gasteiger partial charge in [-0.15, -0.1) is 0 Å². The summed E-state index contributed by atoms with van der Waals surface area (Å²) in [6.07, 6.45) is 1.28. The van der Waals surface area contributed by atoms with Crippen LogP contribution in [0.4, 0.5) is 0 Å². The minimum Gasteiger partial charge on any atom is -0.508 e. The average molecular weight is 240 g/mol. The van der Waals surface area contributed by atoms with Crippen LogP contribution in [-0.4, -0.2) is 21.8 Å². The van der Waals surface area contributed by atoms with Gasteiger partial charge in [-0.25, -0.2) is 0 Å². The molecule has 0 saturated carbocycles. The molecule has 1 aliphatic carbocycles. The number of hydrogen-bond acceptors (Lipinski definition) is 4. The first-order valence-corrected chi connectivity index (χ1v) is 5.33. The summed E-state index contributed by atoms with van der Waals surface area (Å²) in [7, 11) is 0. The van der Waals surface area contributed by atoms with Crippen molar-refractivity contribution in [2.75, 3.05) is 0 Å². The molecule has 0 bridgehead atoms. The fourth-order valence-electron chi connectivity index (χ4n) is 2.07. The quantitative estimate of drug-likeness (QED) is 0.692. The number of aliphatic hydroxyl groups is 1. The maximum Gasteiger partial charge on any atom is 0.267 e. The van der Waals surface area contributed by atoms with Gasteiger partial charge < -0.3 is 10.2 Å². The molecule has 1 aliphatic rings. The number of Topliss-reactive ketones (excluding diaryl/α,β-unsaturated/α-hetero) is 2. The first kappa shape index (κ1) is 10.5. The van der Waals surface area contributed by atoms with Gasteiger partial charge in [0.2, 0.25) is 5.78 Å². The lowest BCUT2D eigenvalue weighted by molar-refractivity contribution is -0.114. The molecule has 0 amide bonds. The van der Waals surface area contributed by atoms with Crippen molar-refractivity contribution in [3.05, 3.63) is 47.2 Å². The molecule has 18 heavy (non-hydrogen) atoms. The van der Waals surface area contributed by atoms with Gasteiger partial charge in [0, 0.05) is 5.56 Å². The predicted molar refractivity (Wildman–Crippen MR) is 65.6 cm³/mol. The fourth-order valence-corrected chi connectivity index (χ4v) is 2.07. The molecule has 0 fully saturated rings. The molecule has 2 aromatic carbocycles. The SMILES string of the molecule is O=C1C(=O)c2cc3cc(O)ccc3cc2C=C1O. The van der Waals surface area contributed by atoms with Gasteiger partial charge >= 0.3 is 0 Å². The molecule has 0 heterocycles. The van der Waals surface area contributed by atoms with E-state index in [2.05, 4.69) is 0 Å². The van der Waals surface area contributed by atoms with Gasteiger partial charge in [0.1, 0.15) is 5.75 Å². The highest BCUT2D eigenvalue weighted by Gasteiger charge is 2.27. The Bertz CT molecular complexity index is 741. The maximum atomic E-state index is 11.7. The van der Waals surface area contributed by atoms with Gasteiger partial charge in [-0.2, -0.15) is 0 Å². The van der Waals surface area contributed by atoms with Crippen molar-refractivity contribution < 1.29 is 19.8 Å². The first-order valence-electron chi connectivity index (χ1n) is 5.33. The molecular weight excluding hydrogens is 232 g/mol. The minimum absolute atomic E-state index is 0.0930. The summed E-state index contributed by atoms with van der Waals surface area (Å²) in [4.78, 5) is 23.1. The topological polar surface area (TPSA) is 74.6 Å². The average Bonchev–Trinajstić information content (AvgIpc) is 2.35. The number of phenols is 1. The smallest absolute Gasteiger partial charge is 0.267 e. The Morgan fingerprint density at radius 2 is 1.61 bits per heavy atom. The van der Waals surface area contributed by atoms with Crippen LogP contribution in [0.5, 0.6) is 5.75 Å². The van der Waals surface area contributed by atoms with Crippen LogP contribution in [0, 0.1) is 0 Å². The third-order valence-corrected chi connectivity index (χ3v) is 2.97. The lowest BCUT2D eigenvalue weighted by Crippen LogP contribution is -2.21. The van der Waals surface area contributed by atoms with E-state index in [0.29, 0.717) is 10.9 Å². The number of carbonyl (C=O) groups is 2. The minimum atomic E-state index is -0.901. The number of fused-ring (bicyclic) bond motifs is 2. The number of carbonyl (C=O) groups excluding carboxylic acids is 2. The molecule has 88 valence electrons. The van der Waals surface area contributed by atoms with Crippen LogP contribution in [-0.2, 0) is 4.79 Å². The largest absolute Gasteiger partial charge is 0.508 e. The molecular formula is C14H8O4. The van der Waals surface area contributed by atoms with Gasteiger partial charge in [0.25, 0.3) is 5.78 Å². The van der Waals surface area contributed by atoms with E-state index in [9.17, 15) is 19.8 Å². The molecule has 0 radical (unpaired) electrons.